The maximum Gasteiger partial charge on any atom is 0.347 e. The molecule has 1 aliphatic carbocycles. The zero-order chi connectivity index (χ0) is 25.0. The largest absolute Gasteiger partial charge is 0.478 e. The Kier molecular flexibility index (Phi) is 5.98. The van der Waals surface area contributed by atoms with Gasteiger partial charge in [-0.3, -0.25) is 4.79 Å². The van der Waals surface area contributed by atoms with Crippen LogP contribution < -0.4 is 10.2 Å². The Labute approximate surface area is 213 Å². The molecule has 2 unspecified atom stereocenters. The summed E-state index contributed by atoms with van der Waals surface area (Å²) in [6.45, 7) is 3.04. The number of fused-ring (bicyclic) bond motifs is 1. The van der Waals surface area contributed by atoms with Crippen molar-refractivity contribution in [2.45, 2.75) is 19.4 Å². The van der Waals surface area contributed by atoms with Gasteiger partial charge in [-0.1, -0.05) is 46.7 Å². The number of piperidine rings is 1. The molecule has 2 aromatic heterocycles. The molecule has 2 fully saturated rings. The van der Waals surface area contributed by atoms with E-state index in [4.69, 9.17) is 23.2 Å². The molecule has 12 heteroatoms. The SMILES string of the molecule is Cc1[nH]c(C(=O)NC2C3CN(c4nc(Cc5cccc(C(=O)O)c5)c(C(=O)O)s4)CC32)c(Cl)c1Cl. The Bertz CT molecular complexity index is 1360. The number of amides is 1. The molecule has 1 saturated heterocycles. The number of rotatable bonds is 7. The number of benzene rings is 1. The van der Waals surface area contributed by atoms with Crippen molar-refractivity contribution in [1.29, 1.82) is 0 Å². The van der Waals surface area contributed by atoms with E-state index in [0.29, 0.717) is 40.2 Å². The van der Waals surface area contributed by atoms with E-state index in [1.807, 2.05) is 4.90 Å². The minimum Gasteiger partial charge on any atom is -0.478 e. The lowest BCUT2D eigenvalue weighted by molar-refractivity contribution is 0.0687. The second kappa shape index (κ2) is 8.85. The monoisotopic (exact) mass is 534 g/mol. The van der Waals surface area contributed by atoms with Gasteiger partial charge in [0, 0.05) is 43.1 Å². The molecule has 1 amide bonds. The molecule has 2 aliphatic rings. The van der Waals surface area contributed by atoms with Gasteiger partial charge in [-0.05, 0) is 24.6 Å². The standard InChI is InChI=1S/C23H20Cl2N4O5S/c1-9-15(24)16(25)18(26-9)20(30)28-17-12-7-29(8-13(12)17)23-27-14(19(35-23)22(33)34)6-10-3-2-4-11(5-10)21(31)32/h2-5,12-13,17,26H,6-8H2,1H3,(H,28,30)(H,31,32)(H,33,34). The first-order chi connectivity index (χ1) is 16.6. The summed E-state index contributed by atoms with van der Waals surface area (Å²) in [6, 6.07) is 6.40. The first-order valence-corrected chi connectivity index (χ1v) is 12.4. The fraction of sp³-hybridized carbons (Fsp3) is 0.304. The average Bonchev–Trinajstić information content (AvgIpc) is 3.19. The van der Waals surface area contributed by atoms with Gasteiger partial charge in [0.05, 0.1) is 21.3 Å². The summed E-state index contributed by atoms with van der Waals surface area (Å²) in [6.07, 6.45) is 0.220. The van der Waals surface area contributed by atoms with Crippen LogP contribution in [0.25, 0.3) is 0 Å². The molecule has 1 aliphatic heterocycles. The van der Waals surface area contributed by atoms with Crippen molar-refractivity contribution in [2.75, 3.05) is 18.0 Å². The van der Waals surface area contributed by atoms with Gasteiger partial charge < -0.3 is 25.4 Å². The quantitative estimate of drug-likeness (QED) is 0.360. The molecule has 1 saturated carbocycles. The molecule has 0 bridgehead atoms. The van der Waals surface area contributed by atoms with Gasteiger partial charge in [-0.15, -0.1) is 0 Å². The van der Waals surface area contributed by atoms with E-state index >= 15 is 0 Å². The Morgan fingerprint density at radius 3 is 2.49 bits per heavy atom. The molecule has 2 atom stereocenters. The third-order valence-corrected chi connectivity index (χ3v) is 8.56. The second-order valence-corrected chi connectivity index (χ2v) is 10.5. The summed E-state index contributed by atoms with van der Waals surface area (Å²) in [5, 5.41) is 23.1. The van der Waals surface area contributed by atoms with Crippen LogP contribution in [0.3, 0.4) is 0 Å². The third kappa shape index (κ3) is 4.37. The number of thiazole rings is 1. The predicted octanol–water partition coefficient (Wildman–Crippen LogP) is 3.94. The Morgan fingerprint density at radius 1 is 1.17 bits per heavy atom. The van der Waals surface area contributed by atoms with Gasteiger partial charge in [0.1, 0.15) is 10.6 Å². The number of aryl methyl sites for hydroxylation is 1. The predicted molar refractivity (Wildman–Crippen MR) is 131 cm³/mol. The highest BCUT2D eigenvalue weighted by atomic mass is 35.5. The highest BCUT2D eigenvalue weighted by molar-refractivity contribution is 7.17. The Morgan fingerprint density at radius 2 is 1.89 bits per heavy atom. The van der Waals surface area contributed by atoms with Crippen molar-refractivity contribution in [3.05, 3.63) is 67.4 Å². The lowest BCUT2D eigenvalue weighted by Gasteiger charge is -2.19. The number of nitrogens with one attached hydrogen (secondary N) is 2. The first kappa shape index (κ1) is 23.7. The number of hydrogen-bond acceptors (Lipinski definition) is 6. The molecule has 0 spiro atoms. The number of H-pyrrole nitrogens is 1. The molecule has 9 nitrogen and oxygen atoms in total. The van der Waals surface area contributed by atoms with E-state index in [0.717, 1.165) is 11.3 Å². The van der Waals surface area contributed by atoms with Gasteiger partial charge in [0.2, 0.25) is 0 Å². The van der Waals surface area contributed by atoms with Crippen LogP contribution in [-0.4, -0.2) is 57.2 Å². The maximum absolute atomic E-state index is 12.6. The first-order valence-electron chi connectivity index (χ1n) is 10.8. The topological polar surface area (TPSA) is 136 Å². The number of anilines is 1. The number of carboxylic acid groups (broad SMARTS) is 2. The van der Waals surface area contributed by atoms with Crippen LogP contribution in [0.2, 0.25) is 10.0 Å². The summed E-state index contributed by atoms with van der Waals surface area (Å²) >= 11 is 13.3. The Balaban J connectivity index is 1.26. The summed E-state index contributed by atoms with van der Waals surface area (Å²) < 4.78 is 0. The highest BCUT2D eigenvalue weighted by Gasteiger charge is 2.57. The molecule has 1 aromatic carbocycles. The number of aromatic carboxylic acids is 2. The fourth-order valence-electron chi connectivity index (χ4n) is 4.62. The Hall–Kier alpha value is -3.08. The lowest BCUT2D eigenvalue weighted by atomic mass is 10.1. The number of aromatic nitrogens is 2. The number of carbonyl (C=O) groups is 3. The van der Waals surface area contributed by atoms with Crippen LogP contribution >= 0.6 is 34.5 Å². The van der Waals surface area contributed by atoms with Crippen LogP contribution in [0, 0.1) is 18.8 Å². The molecule has 3 heterocycles. The van der Waals surface area contributed by atoms with E-state index in [1.165, 1.54) is 12.1 Å². The van der Waals surface area contributed by atoms with E-state index in [-0.39, 0.29) is 51.4 Å². The lowest BCUT2D eigenvalue weighted by Crippen LogP contribution is -2.34. The molecule has 5 rings (SSSR count). The average molecular weight is 535 g/mol. The van der Waals surface area contributed by atoms with E-state index in [2.05, 4.69) is 15.3 Å². The van der Waals surface area contributed by atoms with Crippen molar-refractivity contribution in [3.63, 3.8) is 0 Å². The molecule has 4 N–H and O–H groups in total. The van der Waals surface area contributed by atoms with Crippen molar-refractivity contribution in [2.24, 2.45) is 11.8 Å². The van der Waals surface area contributed by atoms with Crippen LogP contribution in [0.15, 0.2) is 24.3 Å². The summed E-state index contributed by atoms with van der Waals surface area (Å²) in [5.74, 6) is -1.94. The van der Waals surface area contributed by atoms with Crippen molar-refractivity contribution >= 4 is 57.5 Å². The van der Waals surface area contributed by atoms with Gasteiger partial charge in [-0.25, -0.2) is 14.6 Å². The van der Waals surface area contributed by atoms with Crippen molar-refractivity contribution in [3.8, 4) is 0 Å². The number of carbonyl (C=O) groups excluding carboxylic acids is 1. The van der Waals surface area contributed by atoms with Gasteiger partial charge in [0.25, 0.3) is 5.91 Å². The highest BCUT2D eigenvalue weighted by Crippen LogP contribution is 2.48. The summed E-state index contributed by atoms with van der Waals surface area (Å²) in [5.41, 5.74) is 2.10. The molecular weight excluding hydrogens is 515 g/mol. The van der Waals surface area contributed by atoms with Crippen LogP contribution in [0.1, 0.15) is 47.5 Å². The smallest absolute Gasteiger partial charge is 0.347 e. The molecule has 182 valence electrons. The zero-order valence-electron chi connectivity index (χ0n) is 18.3. The van der Waals surface area contributed by atoms with E-state index in [1.54, 1.807) is 19.1 Å². The number of halogens is 2. The minimum atomic E-state index is -1.07. The van der Waals surface area contributed by atoms with E-state index < -0.39 is 11.9 Å². The van der Waals surface area contributed by atoms with Crippen LogP contribution in [0.5, 0.6) is 0 Å². The number of hydrogen-bond donors (Lipinski definition) is 4. The molecular formula is C23H20Cl2N4O5S. The van der Waals surface area contributed by atoms with Crippen LogP contribution in [0.4, 0.5) is 5.13 Å². The molecule has 35 heavy (non-hydrogen) atoms. The number of nitrogens with zero attached hydrogens (tertiary/aromatic N) is 2. The third-order valence-electron chi connectivity index (χ3n) is 6.47. The number of carboxylic acids is 2. The van der Waals surface area contributed by atoms with Crippen molar-refractivity contribution < 1.29 is 24.6 Å². The minimum absolute atomic E-state index is 0.00864. The molecule has 3 aromatic rings. The van der Waals surface area contributed by atoms with Crippen molar-refractivity contribution in [1.82, 2.24) is 15.3 Å². The van der Waals surface area contributed by atoms with Gasteiger partial charge in [0.15, 0.2) is 5.13 Å². The number of aromatic amines is 1. The maximum atomic E-state index is 12.6. The van der Waals surface area contributed by atoms with Gasteiger partial charge in [-0.2, -0.15) is 0 Å². The summed E-state index contributed by atoms with van der Waals surface area (Å²) in [4.78, 5) is 45.4. The van der Waals surface area contributed by atoms with Crippen LogP contribution in [-0.2, 0) is 6.42 Å². The fourth-order valence-corrected chi connectivity index (χ4v) is 5.97. The molecule has 0 radical (unpaired) electrons. The normalized spacial score (nSPS) is 20.5. The zero-order valence-corrected chi connectivity index (χ0v) is 20.7. The summed E-state index contributed by atoms with van der Waals surface area (Å²) in [7, 11) is 0. The second-order valence-electron chi connectivity index (χ2n) is 8.74. The van der Waals surface area contributed by atoms with Gasteiger partial charge >= 0.3 is 11.9 Å². The van der Waals surface area contributed by atoms with E-state index in [9.17, 15) is 24.6 Å².